The topological polar surface area (TPSA) is 37.7 Å². The van der Waals surface area contributed by atoms with Crippen LogP contribution in [-0.2, 0) is 0 Å². The summed E-state index contributed by atoms with van der Waals surface area (Å²) in [6, 6.07) is 66.5. The lowest BCUT2D eigenvalue weighted by Crippen LogP contribution is -2.17. The molecule has 0 amide bonds. The molecule has 56 heavy (non-hydrogen) atoms. The number of anilines is 6. The summed E-state index contributed by atoms with van der Waals surface area (Å²) in [6.45, 7) is 0. The van der Waals surface area contributed by atoms with E-state index in [1.807, 2.05) is 36.0 Å². The fourth-order valence-corrected chi connectivity index (χ4v) is 9.64. The van der Waals surface area contributed by atoms with Crippen LogP contribution < -0.4 is 9.80 Å². The summed E-state index contributed by atoms with van der Waals surface area (Å²) < 4.78 is 15.3. The van der Waals surface area contributed by atoms with Crippen molar-refractivity contribution >= 4 is 101 Å². The SMILES string of the molecule is c1ccc(N2c3ccccc3Sc3c2n(-c2ccccc2)c2ccc(N(c4ccc5c(c4)oc4ccccc45)c4ccc5c(c4)oc4ccccc45)cc32)cc1. The standard InChI is InChI=1S/C50H31N3O2S/c1-3-13-32(14-4-1)52-42-28-25-34(29-41(42)49-50(52)53(33-15-5-2-6-16-33)43-19-9-12-22-48(43)56-49)51(35-23-26-39-37-17-7-10-20-44(37)54-46(39)30-35)36-24-27-40-38-18-8-11-21-45(38)55-47(40)31-36/h1-31H. The van der Waals surface area contributed by atoms with E-state index in [0.717, 1.165) is 89.3 Å². The van der Waals surface area contributed by atoms with Gasteiger partial charge in [-0.1, -0.05) is 96.7 Å². The van der Waals surface area contributed by atoms with E-state index in [0.29, 0.717) is 0 Å². The van der Waals surface area contributed by atoms with Gasteiger partial charge in [-0.05, 0) is 91.0 Å². The molecule has 1 aliphatic heterocycles. The molecule has 0 bridgehead atoms. The second kappa shape index (κ2) is 12.2. The Balaban J connectivity index is 1.12. The molecule has 0 spiro atoms. The Hall–Kier alpha value is -7.15. The van der Waals surface area contributed by atoms with Gasteiger partial charge >= 0.3 is 0 Å². The average molecular weight is 738 g/mol. The van der Waals surface area contributed by atoms with Gasteiger partial charge in [0, 0.05) is 72.4 Å². The van der Waals surface area contributed by atoms with Gasteiger partial charge in [-0.3, -0.25) is 9.47 Å². The monoisotopic (exact) mass is 737 g/mol. The van der Waals surface area contributed by atoms with Gasteiger partial charge in [0.15, 0.2) is 0 Å². The van der Waals surface area contributed by atoms with E-state index in [1.165, 1.54) is 15.2 Å². The molecular weight excluding hydrogens is 707 g/mol. The van der Waals surface area contributed by atoms with Crippen molar-refractivity contribution in [3.05, 3.63) is 188 Å². The number of fused-ring (bicyclic) bond motifs is 10. The third kappa shape index (κ3) is 4.69. The Morgan fingerprint density at radius 1 is 0.411 bits per heavy atom. The van der Waals surface area contributed by atoms with Gasteiger partial charge in [-0.2, -0.15) is 0 Å². The zero-order chi connectivity index (χ0) is 36.7. The molecular formula is C50H31N3O2S. The van der Waals surface area contributed by atoms with Crippen molar-refractivity contribution < 1.29 is 8.83 Å². The Labute approximate surface area is 326 Å². The van der Waals surface area contributed by atoms with Crippen molar-refractivity contribution in [3.8, 4) is 5.69 Å². The molecule has 11 aromatic rings. The maximum absolute atomic E-state index is 6.45. The van der Waals surface area contributed by atoms with Crippen LogP contribution in [0.2, 0.25) is 0 Å². The second-order valence-electron chi connectivity index (χ2n) is 14.2. The number of hydrogen-bond donors (Lipinski definition) is 0. The van der Waals surface area contributed by atoms with E-state index in [4.69, 9.17) is 8.83 Å². The lowest BCUT2D eigenvalue weighted by Gasteiger charge is -2.32. The normalized spacial score (nSPS) is 12.5. The van der Waals surface area contributed by atoms with Crippen LogP contribution in [-0.4, -0.2) is 4.57 Å². The molecule has 0 N–H and O–H groups in total. The molecule has 264 valence electrons. The molecule has 6 heteroatoms. The van der Waals surface area contributed by atoms with Gasteiger partial charge in [0.1, 0.15) is 28.1 Å². The molecule has 1 aliphatic rings. The van der Waals surface area contributed by atoms with Crippen LogP contribution in [0.3, 0.4) is 0 Å². The molecule has 0 radical (unpaired) electrons. The molecule has 4 heterocycles. The summed E-state index contributed by atoms with van der Waals surface area (Å²) >= 11 is 1.84. The average Bonchev–Trinajstić information content (AvgIpc) is 3.92. The van der Waals surface area contributed by atoms with Gasteiger partial charge in [0.05, 0.1) is 16.1 Å². The minimum Gasteiger partial charge on any atom is -0.456 e. The van der Waals surface area contributed by atoms with Crippen LogP contribution >= 0.6 is 11.8 Å². The third-order valence-corrected chi connectivity index (χ3v) is 12.1. The fraction of sp³-hybridized carbons (Fsp3) is 0. The van der Waals surface area contributed by atoms with E-state index >= 15 is 0 Å². The van der Waals surface area contributed by atoms with Crippen molar-refractivity contribution in [2.45, 2.75) is 9.79 Å². The Bertz CT molecular complexity index is 3190. The predicted molar refractivity (Wildman–Crippen MR) is 231 cm³/mol. The smallest absolute Gasteiger partial charge is 0.137 e. The number of furan rings is 2. The minimum absolute atomic E-state index is 0.845. The first-order valence-corrected chi connectivity index (χ1v) is 19.6. The highest BCUT2D eigenvalue weighted by Gasteiger charge is 2.32. The van der Waals surface area contributed by atoms with E-state index in [-0.39, 0.29) is 0 Å². The maximum Gasteiger partial charge on any atom is 0.137 e. The molecule has 0 aliphatic carbocycles. The number of aromatic nitrogens is 1. The van der Waals surface area contributed by atoms with Crippen LogP contribution in [0.25, 0.3) is 60.5 Å². The first-order chi connectivity index (χ1) is 27.8. The highest BCUT2D eigenvalue weighted by molar-refractivity contribution is 8.00. The van der Waals surface area contributed by atoms with Gasteiger partial charge in [-0.25, -0.2) is 0 Å². The van der Waals surface area contributed by atoms with E-state index < -0.39 is 0 Å². The predicted octanol–water partition coefficient (Wildman–Crippen LogP) is 14.8. The number of rotatable bonds is 5. The summed E-state index contributed by atoms with van der Waals surface area (Å²) in [5.41, 5.74) is 11.0. The summed E-state index contributed by atoms with van der Waals surface area (Å²) in [7, 11) is 0. The molecule has 5 nitrogen and oxygen atoms in total. The summed E-state index contributed by atoms with van der Waals surface area (Å²) in [6.07, 6.45) is 0. The molecule has 12 rings (SSSR count). The Kier molecular flexibility index (Phi) is 6.79. The van der Waals surface area contributed by atoms with Crippen molar-refractivity contribution in [3.63, 3.8) is 0 Å². The van der Waals surface area contributed by atoms with Crippen LogP contribution in [0.4, 0.5) is 34.3 Å². The zero-order valence-corrected chi connectivity index (χ0v) is 30.8. The van der Waals surface area contributed by atoms with Gasteiger partial charge < -0.3 is 13.7 Å². The number of para-hydroxylation sites is 5. The van der Waals surface area contributed by atoms with Crippen molar-refractivity contribution in [2.75, 3.05) is 9.80 Å². The maximum atomic E-state index is 6.45. The lowest BCUT2D eigenvalue weighted by atomic mass is 10.1. The van der Waals surface area contributed by atoms with Crippen molar-refractivity contribution in [1.29, 1.82) is 0 Å². The van der Waals surface area contributed by atoms with E-state index in [9.17, 15) is 0 Å². The van der Waals surface area contributed by atoms with Gasteiger partial charge in [0.2, 0.25) is 0 Å². The van der Waals surface area contributed by atoms with Crippen LogP contribution in [0, 0.1) is 0 Å². The van der Waals surface area contributed by atoms with Crippen LogP contribution in [0.5, 0.6) is 0 Å². The minimum atomic E-state index is 0.845. The fourth-order valence-electron chi connectivity index (χ4n) is 8.46. The Morgan fingerprint density at radius 3 is 1.59 bits per heavy atom. The van der Waals surface area contributed by atoms with E-state index in [2.05, 4.69) is 178 Å². The third-order valence-electron chi connectivity index (χ3n) is 10.9. The summed E-state index contributed by atoms with van der Waals surface area (Å²) in [5.74, 6) is 1.12. The van der Waals surface area contributed by atoms with Crippen LogP contribution in [0.1, 0.15) is 0 Å². The largest absolute Gasteiger partial charge is 0.456 e. The molecule has 0 saturated heterocycles. The summed E-state index contributed by atoms with van der Waals surface area (Å²) in [4.78, 5) is 7.15. The van der Waals surface area contributed by atoms with Crippen molar-refractivity contribution in [1.82, 2.24) is 4.57 Å². The molecule has 0 saturated carbocycles. The molecule has 3 aromatic heterocycles. The van der Waals surface area contributed by atoms with Gasteiger partial charge in [-0.15, -0.1) is 0 Å². The first kappa shape index (κ1) is 31.2. The van der Waals surface area contributed by atoms with E-state index in [1.54, 1.807) is 0 Å². The second-order valence-corrected chi connectivity index (χ2v) is 15.2. The Morgan fingerprint density at radius 2 is 0.929 bits per heavy atom. The number of hydrogen-bond acceptors (Lipinski definition) is 5. The molecule has 0 fully saturated rings. The zero-order valence-electron chi connectivity index (χ0n) is 30.0. The molecule has 0 atom stereocenters. The first-order valence-electron chi connectivity index (χ1n) is 18.8. The van der Waals surface area contributed by atoms with Crippen molar-refractivity contribution in [2.24, 2.45) is 0 Å². The quantitative estimate of drug-likeness (QED) is 0.176. The molecule has 8 aromatic carbocycles. The highest BCUT2D eigenvalue weighted by Crippen LogP contribution is 2.56. The highest BCUT2D eigenvalue weighted by atomic mass is 32.2. The lowest BCUT2D eigenvalue weighted by molar-refractivity contribution is 0.669. The summed E-state index contributed by atoms with van der Waals surface area (Å²) in [5, 5.41) is 5.58. The molecule has 0 unspecified atom stereocenters. The number of benzene rings is 8. The number of nitrogens with zero attached hydrogens (tertiary/aromatic N) is 3. The van der Waals surface area contributed by atoms with Gasteiger partial charge in [0.25, 0.3) is 0 Å². The van der Waals surface area contributed by atoms with Crippen LogP contribution in [0.15, 0.2) is 207 Å².